The van der Waals surface area contributed by atoms with Crippen molar-refractivity contribution in [3.8, 4) is 11.5 Å². The molecule has 4 nitrogen and oxygen atoms in total. The summed E-state index contributed by atoms with van der Waals surface area (Å²) < 4.78 is 10.5. The number of hydrogen-bond acceptors (Lipinski definition) is 4. The molecule has 0 spiro atoms. The van der Waals surface area contributed by atoms with Gasteiger partial charge in [-0.15, -0.1) is 11.8 Å². The number of thioether (sulfide) groups is 1. The third-order valence-corrected chi connectivity index (χ3v) is 4.87. The predicted octanol–water partition coefficient (Wildman–Crippen LogP) is 5.13. The fourth-order valence-corrected chi connectivity index (χ4v) is 3.32. The molecule has 2 aromatic rings. The molecular formula is C17H17Cl2NO3S. The number of methoxy groups -OCH3 is 2. The lowest BCUT2D eigenvalue weighted by Gasteiger charge is -2.14. The molecule has 0 radical (unpaired) electrons. The second-order valence-corrected chi connectivity index (χ2v) is 7.15. The van der Waals surface area contributed by atoms with E-state index < -0.39 is 0 Å². The van der Waals surface area contributed by atoms with Crippen LogP contribution in [0.5, 0.6) is 11.5 Å². The molecule has 0 aromatic heterocycles. The SMILES string of the molecule is COc1ccc(S[C@H](C)C(=O)Nc2ccc(Cl)cc2Cl)cc1OC. The van der Waals surface area contributed by atoms with Gasteiger partial charge in [-0.05, 0) is 43.3 Å². The molecule has 0 aliphatic rings. The lowest BCUT2D eigenvalue weighted by molar-refractivity contribution is -0.115. The average Bonchev–Trinajstić information content (AvgIpc) is 2.57. The van der Waals surface area contributed by atoms with Gasteiger partial charge in [-0.2, -0.15) is 0 Å². The van der Waals surface area contributed by atoms with Gasteiger partial charge in [-0.25, -0.2) is 0 Å². The van der Waals surface area contributed by atoms with Crippen molar-refractivity contribution >= 4 is 46.6 Å². The van der Waals surface area contributed by atoms with E-state index in [9.17, 15) is 4.79 Å². The molecule has 0 fully saturated rings. The molecule has 0 unspecified atom stereocenters. The van der Waals surface area contributed by atoms with Crippen molar-refractivity contribution in [1.29, 1.82) is 0 Å². The van der Waals surface area contributed by atoms with Crippen LogP contribution in [0.3, 0.4) is 0 Å². The smallest absolute Gasteiger partial charge is 0.237 e. The Morgan fingerprint density at radius 2 is 1.79 bits per heavy atom. The minimum atomic E-state index is -0.324. The minimum Gasteiger partial charge on any atom is -0.493 e. The highest BCUT2D eigenvalue weighted by atomic mass is 35.5. The van der Waals surface area contributed by atoms with E-state index in [1.165, 1.54) is 11.8 Å². The summed E-state index contributed by atoms with van der Waals surface area (Å²) in [6, 6.07) is 10.5. The normalized spacial score (nSPS) is 11.7. The summed E-state index contributed by atoms with van der Waals surface area (Å²) in [4.78, 5) is 13.3. The zero-order chi connectivity index (χ0) is 17.7. The molecule has 128 valence electrons. The van der Waals surface area contributed by atoms with Crippen LogP contribution in [0.25, 0.3) is 0 Å². The van der Waals surface area contributed by atoms with Crippen molar-refractivity contribution in [2.45, 2.75) is 17.1 Å². The number of carbonyl (C=O) groups excluding carboxylic acids is 1. The van der Waals surface area contributed by atoms with Crippen molar-refractivity contribution in [3.63, 3.8) is 0 Å². The number of carbonyl (C=O) groups is 1. The first-order chi connectivity index (χ1) is 11.4. The lowest BCUT2D eigenvalue weighted by Crippen LogP contribution is -2.22. The number of halogens is 2. The van der Waals surface area contributed by atoms with Gasteiger partial charge in [0.05, 0.1) is 30.2 Å². The molecule has 0 aliphatic carbocycles. The molecule has 0 heterocycles. The molecule has 7 heteroatoms. The molecule has 2 rings (SSSR count). The minimum absolute atomic E-state index is 0.154. The van der Waals surface area contributed by atoms with Crippen LogP contribution >= 0.6 is 35.0 Å². The van der Waals surface area contributed by atoms with Crippen LogP contribution in [-0.2, 0) is 4.79 Å². The summed E-state index contributed by atoms with van der Waals surface area (Å²) in [6.07, 6.45) is 0. The second kappa shape index (κ2) is 8.51. The summed E-state index contributed by atoms with van der Waals surface area (Å²) in [6.45, 7) is 1.82. The van der Waals surface area contributed by atoms with Crippen LogP contribution in [0.15, 0.2) is 41.3 Å². The summed E-state index contributed by atoms with van der Waals surface area (Å²) in [5, 5.41) is 3.40. The topological polar surface area (TPSA) is 47.6 Å². The monoisotopic (exact) mass is 385 g/mol. The van der Waals surface area contributed by atoms with E-state index in [2.05, 4.69) is 5.32 Å². The number of rotatable bonds is 6. The van der Waals surface area contributed by atoms with Gasteiger partial charge in [0.2, 0.25) is 5.91 Å². The summed E-state index contributed by atoms with van der Waals surface area (Å²) in [5.74, 6) is 1.11. The summed E-state index contributed by atoms with van der Waals surface area (Å²) >= 11 is 13.3. The quantitative estimate of drug-likeness (QED) is 0.700. The van der Waals surface area contributed by atoms with Crippen molar-refractivity contribution < 1.29 is 14.3 Å². The van der Waals surface area contributed by atoms with Gasteiger partial charge in [0.15, 0.2) is 11.5 Å². The van der Waals surface area contributed by atoms with E-state index in [-0.39, 0.29) is 11.2 Å². The Morgan fingerprint density at radius 3 is 2.42 bits per heavy atom. The maximum absolute atomic E-state index is 12.4. The number of anilines is 1. The molecule has 0 saturated carbocycles. The zero-order valence-corrected chi connectivity index (χ0v) is 15.8. The van der Waals surface area contributed by atoms with E-state index in [4.69, 9.17) is 32.7 Å². The standard InChI is InChI=1S/C17H17Cl2NO3S/c1-10(17(21)20-14-6-4-11(18)8-13(14)19)24-12-5-7-15(22-2)16(9-12)23-3/h4-10H,1-3H3,(H,20,21)/t10-/m1/s1. The Balaban J connectivity index is 2.06. The van der Waals surface area contributed by atoms with Crippen LogP contribution in [0, 0.1) is 0 Å². The van der Waals surface area contributed by atoms with Crippen LogP contribution < -0.4 is 14.8 Å². The average molecular weight is 386 g/mol. The Morgan fingerprint density at radius 1 is 1.08 bits per heavy atom. The van der Waals surface area contributed by atoms with Gasteiger partial charge in [0, 0.05) is 9.92 Å². The number of hydrogen-bond donors (Lipinski definition) is 1. The van der Waals surface area contributed by atoms with Gasteiger partial charge in [0.1, 0.15) is 0 Å². The number of benzene rings is 2. The van der Waals surface area contributed by atoms with E-state index in [1.807, 2.05) is 25.1 Å². The number of ether oxygens (including phenoxy) is 2. The molecular weight excluding hydrogens is 369 g/mol. The highest BCUT2D eigenvalue weighted by Gasteiger charge is 2.17. The van der Waals surface area contributed by atoms with Crippen molar-refractivity contribution in [1.82, 2.24) is 0 Å². The van der Waals surface area contributed by atoms with Crippen molar-refractivity contribution in [3.05, 3.63) is 46.4 Å². The highest BCUT2D eigenvalue weighted by Crippen LogP contribution is 2.34. The van der Waals surface area contributed by atoms with E-state index >= 15 is 0 Å². The number of nitrogens with one attached hydrogen (secondary N) is 1. The van der Waals surface area contributed by atoms with E-state index in [0.717, 1.165) is 4.90 Å². The second-order valence-electron chi connectivity index (χ2n) is 4.89. The first kappa shape index (κ1) is 18.8. The Labute approximate surface area is 155 Å². The summed E-state index contributed by atoms with van der Waals surface area (Å²) in [5.41, 5.74) is 0.533. The third-order valence-electron chi connectivity index (χ3n) is 3.23. The molecule has 0 bridgehead atoms. The van der Waals surface area contributed by atoms with Gasteiger partial charge in [0.25, 0.3) is 0 Å². The highest BCUT2D eigenvalue weighted by molar-refractivity contribution is 8.00. The maximum Gasteiger partial charge on any atom is 0.237 e. The number of amides is 1. The summed E-state index contributed by atoms with van der Waals surface area (Å²) in [7, 11) is 3.15. The van der Waals surface area contributed by atoms with E-state index in [1.54, 1.807) is 32.4 Å². The molecule has 1 N–H and O–H groups in total. The molecule has 1 amide bonds. The van der Waals surface area contributed by atoms with Gasteiger partial charge in [-0.3, -0.25) is 4.79 Å². The Hall–Kier alpha value is -1.56. The fraction of sp³-hybridized carbons (Fsp3) is 0.235. The van der Waals surface area contributed by atoms with Gasteiger partial charge >= 0.3 is 0 Å². The molecule has 0 saturated heterocycles. The fourth-order valence-electron chi connectivity index (χ4n) is 1.97. The van der Waals surface area contributed by atoms with Crippen LogP contribution in [0.2, 0.25) is 10.0 Å². The first-order valence-corrected chi connectivity index (χ1v) is 8.72. The predicted molar refractivity (Wildman–Crippen MR) is 100.0 cm³/mol. The maximum atomic E-state index is 12.4. The Bertz CT molecular complexity index is 740. The third kappa shape index (κ3) is 4.72. The molecule has 0 aliphatic heterocycles. The lowest BCUT2D eigenvalue weighted by atomic mass is 10.3. The zero-order valence-electron chi connectivity index (χ0n) is 13.4. The Kier molecular flexibility index (Phi) is 6.66. The van der Waals surface area contributed by atoms with Crippen molar-refractivity contribution in [2.75, 3.05) is 19.5 Å². The molecule has 24 heavy (non-hydrogen) atoms. The van der Waals surface area contributed by atoms with Crippen LogP contribution in [0.4, 0.5) is 5.69 Å². The van der Waals surface area contributed by atoms with Gasteiger partial charge in [-0.1, -0.05) is 23.2 Å². The van der Waals surface area contributed by atoms with Crippen LogP contribution in [0.1, 0.15) is 6.92 Å². The van der Waals surface area contributed by atoms with E-state index in [0.29, 0.717) is 27.2 Å². The largest absolute Gasteiger partial charge is 0.493 e. The molecule has 1 atom stereocenters. The van der Waals surface area contributed by atoms with Gasteiger partial charge < -0.3 is 14.8 Å². The van der Waals surface area contributed by atoms with Crippen LogP contribution in [-0.4, -0.2) is 25.4 Å². The molecule has 2 aromatic carbocycles. The van der Waals surface area contributed by atoms with Crippen molar-refractivity contribution in [2.24, 2.45) is 0 Å². The first-order valence-electron chi connectivity index (χ1n) is 7.09.